The van der Waals surface area contributed by atoms with Gasteiger partial charge < -0.3 is 14.8 Å². The van der Waals surface area contributed by atoms with Crippen LogP contribution in [0.5, 0.6) is 11.5 Å². The van der Waals surface area contributed by atoms with Gasteiger partial charge >= 0.3 is 0 Å². The van der Waals surface area contributed by atoms with Crippen molar-refractivity contribution < 1.29 is 9.47 Å². The Bertz CT molecular complexity index is 524. The van der Waals surface area contributed by atoms with Gasteiger partial charge in [0.1, 0.15) is 0 Å². The van der Waals surface area contributed by atoms with E-state index < -0.39 is 0 Å². The van der Waals surface area contributed by atoms with E-state index in [1.165, 1.54) is 24.0 Å². The molecule has 22 heavy (non-hydrogen) atoms. The maximum atomic E-state index is 6.49. The molecule has 0 aliphatic carbocycles. The third-order valence-electron chi connectivity index (χ3n) is 4.58. The first-order valence-electron chi connectivity index (χ1n) is 8.48. The van der Waals surface area contributed by atoms with Crippen molar-refractivity contribution in [2.45, 2.75) is 45.4 Å². The molecule has 1 N–H and O–H groups in total. The van der Waals surface area contributed by atoms with Crippen LogP contribution in [0.4, 0.5) is 0 Å². The van der Waals surface area contributed by atoms with Crippen LogP contribution >= 0.6 is 11.6 Å². The summed E-state index contributed by atoms with van der Waals surface area (Å²) in [4.78, 5) is 0. The van der Waals surface area contributed by atoms with Crippen LogP contribution in [0, 0.1) is 5.92 Å². The van der Waals surface area contributed by atoms with Gasteiger partial charge in [-0.3, -0.25) is 0 Å². The lowest BCUT2D eigenvalue weighted by molar-refractivity contribution is 0.295. The number of halogens is 1. The predicted octanol–water partition coefficient (Wildman–Crippen LogP) is 4.17. The lowest BCUT2D eigenvalue weighted by Gasteiger charge is -2.26. The quantitative estimate of drug-likeness (QED) is 0.905. The molecule has 0 spiro atoms. The number of ether oxygens (including phenoxy) is 2. The number of fused-ring (bicyclic) bond motifs is 1. The third kappa shape index (κ3) is 3.36. The van der Waals surface area contributed by atoms with Gasteiger partial charge in [0.25, 0.3) is 0 Å². The Morgan fingerprint density at radius 1 is 1.23 bits per heavy atom. The summed E-state index contributed by atoms with van der Waals surface area (Å²) < 4.78 is 11.9. The number of benzene rings is 1. The van der Waals surface area contributed by atoms with E-state index in [0.717, 1.165) is 37.4 Å². The molecule has 1 fully saturated rings. The van der Waals surface area contributed by atoms with Gasteiger partial charge in [-0.2, -0.15) is 0 Å². The highest BCUT2D eigenvalue weighted by Gasteiger charge is 2.25. The fourth-order valence-electron chi connectivity index (χ4n) is 3.57. The molecule has 1 aromatic rings. The molecule has 0 bridgehead atoms. The van der Waals surface area contributed by atoms with E-state index in [0.29, 0.717) is 30.1 Å². The van der Waals surface area contributed by atoms with Crippen molar-refractivity contribution in [1.82, 2.24) is 5.32 Å². The Morgan fingerprint density at radius 2 is 2.00 bits per heavy atom. The first kappa shape index (κ1) is 15.9. The minimum Gasteiger partial charge on any atom is -0.489 e. The van der Waals surface area contributed by atoms with Crippen LogP contribution in [0.2, 0.25) is 5.02 Å². The second kappa shape index (κ2) is 7.10. The van der Waals surface area contributed by atoms with Crippen LogP contribution in [0.1, 0.15) is 50.2 Å². The predicted molar refractivity (Wildman–Crippen MR) is 90.4 cm³/mol. The van der Waals surface area contributed by atoms with Crippen molar-refractivity contribution >= 4 is 11.6 Å². The molecule has 1 atom stereocenters. The topological polar surface area (TPSA) is 30.5 Å². The number of rotatable bonds is 3. The number of hydrogen-bond donors (Lipinski definition) is 1. The normalized spacial score (nSPS) is 21.7. The summed E-state index contributed by atoms with van der Waals surface area (Å²) in [6, 6.07) is 2.11. The highest BCUT2D eigenvalue weighted by atomic mass is 35.5. The lowest BCUT2D eigenvalue weighted by Crippen LogP contribution is -2.31. The van der Waals surface area contributed by atoms with Gasteiger partial charge in [0, 0.05) is 12.0 Å². The highest BCUT2D eigenvalue weighted by Crippen LogP contribution is 2.45. The highest BCUT2D eigenvalue weighted by molar-refractivity contribution is 6.32. The third-order valence-corrected chi connectivity index (χ3v) is 4.86. The van der Waals surface area contributed by atoms with Crippen molar-refractivity contribution in [1.29, 1.82) is 0 Å². The van der Waals surface area contributed by atoms with Crippen molar-refractivity contribution in [2.24, 2.45) is 5.92 Å². The zero-order valence-electron chi connectivity index (χ0n) is 13.6. The summed E-state index contributed by atoms with van der Waals surface area (Å²) >= 11 is 6.49. The van der Waals surface area contributed by atoms with Gasteiger partial charge in [-0.1, -0.05) is 25.4 Å². The smallest absolute Gasteiger partial charge is 0.180 e. The monoisotopic (exact) mass is 323 g/mol. The summed E-state index contributed by atoms with van der Waals surface area (Å²) in [5.41, 5.74) is 2.62. The summed E-state index contributed by atoms with van der Waals surface area (Å²) in [7, 11) is 0. The molecular weight excluding hydrogens is 298 g/mol. The molecule has 3 nitrogen and oxygen atoms in total. The van der Waals surface area contributed by atoms with Gasteiger partial charge in [0.15, 0.2) is 11.5 Å². The molecular formula is C18H26ClNO2. The van der Waals surface area contributed by atoms with Gasteiger partial charge in [-0.05, 0) is 55.8 Å². The molecule has 1 unspecified atom stereocenters. The molecule has 2 aliphatic heterocycles. The number of nitrogens with one attached hydrogen (secondary N) is 1. The zero-order chi connectivity index (χ0) is 15.5. The maximum Gasteiger partial charge on any atom is 0.180 e. The van der Waals surface area contributed by atoms with Crippen LogP contribution in [-0.4, -0.2) is 26.3 Å². The molecule has 0 aromatic heterocycles. The van der Waals surface area contributed by atoms with Crippen molar-refractivity contribution in [3.63, 3.8) is 0 Å². The zero-order valence-corrected chi connectivity index (χ0v) is 14.3. The maximum absolute atomic E-state index is 6.49. The molecule has 2 aliphatic rings. The van der Waals surface area contributed by atoms with Crippen LogP contribution in [0.3, 0.4) is 0 Å². The van der Waals surface area contributed by atoms with E-state index in [1.54, 1.807) is 0 Å². The Morgan fingerprint density at radius 3 is 2.68 bits per heavy atom. The summed E-state index contributed by atoms with van der Waals surface area (Å²) in [6.07, 6.45) is 4.53. The fraction of sp³-hybridized carbons (Fsp3) is 0.667. The van der Waals surface area contributed by atoms with E-state index in [-0.39, 0.29) is 0 Å². The molecule has 3 rings (SSSR count). The first-order chi connectivity index (χ1) is 10.7. The molecule has 1 aromatic carbocycles. The molecule has 0 radical (unpaired) electrons. The second-order valence-corrected chi connectivity index (χ2v) is 7.12. The van der Waals surface area contributed by atoms with E-state index >= 15 is 0 Å². The van der Waals surface area contributed by atoms with E-state index in [9.17, 15) is 0 Å². The average molecular weight is 324 g/mol. The minimum absolute atomic E-state index is 0.402. The largest absolute Gasteiger partial charge is 0.489 e. The Kier molecular flexibility index (Phi) is 5.14. The molecule has 0 amide bonds. The molecule has 2 heterocycles. The lowest BCUT2D eigenvalue weighted by atomic mass is 9.86. The fourth-order valence-corrected chi connectivity index (χ4v) is 3.84. The van der Waals surface area contributed by atoms with E-state index in [4.69, 9.17) is 21.1 Å². The standard InChI is InChI=1S/C18H26ClNO2/c1-12(2)16-14(9-13-5-3-6-20-11-13)10-15(19)17-18(16)22-8-4-7-21-17/h10,12-13,20H,3-9,11H2,1-2H3. The summed E-state index contributed by atoms with van der Waals surface area (Å²) in [6.45, 7) is 8.08. The molecule has 1 saturated heterocycles. The van der Waals surface area contributed by atoms with Crippen molar-refractivity contribution in [2.75, 3.05) is 26.3 Å². The Balaban J connectivity index is 1.97. The molecule has 122 valence electrons. The van der Waals surface area contributed by atoms with Crippen LogP contribution in [-0.2, 0) is 6.42 Å². The number of hydrogen-bond acceptors (Lipinski definition) is 3. The van der Waals surface area contributed by atoms with E-state index in [2.05, 4.69) is 25.2 Å². The van der Waals surface area contributed by atoms with Crippen molar-refractivity contribution in [3.05, 3.63) is 22.2 Å². The summed E-state index contributed by atoms with van der Waals surface area (Å²) in [5.74, 6) is 2.72. The van der Waals surface area contributed by atoms with Gasteiger partial charge in [0.2, 0.25) is 0 Å². The summed E-state index contributed by atoms with van der Waals surface area (Å²) in [5, 5.41) is 4.20. The Labute approximate surface area is 138 Å². The van der Waals surface area contributed by atoms with Crippen LogP contribution in [0.15, 0.2) is 6.07 Å². The first-order valence-corrected chi connectivity index (χ1v) is 8.86. The van der Waals surface area contributed by atoms with Crippen LogP contribution in [0.25, 0.3) is 0 Å². The van der Waals surface area contributed by atoms with Crippen LogP contribution < -0.4 is 14.8 Å². The van der Waals surface area contributed by atoms with E-state index in [1.807, 2.05) is 0 Å². The molecule has 0 saturated carbocycles. The second-order valence-electron chi connectivity index (χ2n) is 6.71. The van der Waals surface area contributed by atoms with Crippen molar-refractivity contribution in [3.8, 4) is 11.5 Å². The van der Waals surface area contributed by atoms with Gasteiger partial charge in [-0.15, -0.1) is 0 Å². The average Bonchev–Trinajstić information content (AvgIpc) is 2.74. The van der Waals surface area contributed by atoms with Gasteiger partial charge in [0.05, 0.1) is 18.2 Å². The SMILES string of the molecule is CC(C)c1c(CC2CCCNC2)cc(Cl)c2c1OCCCO2. The van der Waals surface area contributed by atoms with Gasteiger partial charge in [-0.25, -0.2) is 0 Å². The number of piperidine rings is 1. The minimum atomic E-state index is 0.402. The molecule has 4 heteroatoms. The Hall–Kier alpha value is -0.930.